The number of carbonyl (C=O) groups excluding carboxylic acids is 2. The lowest BCUT2D eigenvalue weighted by molar-refractivity contribution is 0.0827. The van der Waals surface area contributed by atoms with Crippen LogP contribution in [0.4, 0.5) is 5.69 Å². The van der Waals surface area contributed by atoms with Crippen molar-refractivity contribution < 1.29 is 9.59 Å². The Hall–Kier alpha value is -3.29. The SMILES string of the molecule is Cc1ccnc2nc(C(=O)Nc3ccc(C(=O)N(C)C)cc3)nn12. The Kier molecular flexibility index (Phi) is 3.95. The second-order valence-electron chi connectivity index (χ2n) is 5.46. The van der Waals surface area contributed by atoms with Crippen LogP contribution in [-0.2, 0) is 0 Å². The van der Waals surface area contributed by atoms with Crippen LogP contribution in [0.25, 0.3) is 5.78 Å². The van der Waals surface area contributed by atoms with Crippen LogP contribution in [0.3, 0.4) is 0 Å². The summed E-state index contributed by atoms with van der Waals surface area (Å²) in [6.07, 6.45) is 1.61. The van der Waals surface area contributed by atoms with Gasteiger partial charge in [0.2, 0.25) is 5.82 Å². The average Bonchev–Trinajstić information content (AvgIpc) is 3.00. The zero-order chi connectivity index (χ0) is 17.3. The lowest BCUT2D eigenvalue weighted by atomic mass is 10.2. The van der Waals surface area contributed by atoms with Crippen molar-refractivity contribution in [3.63, 3.8) is 0 Å². The van der Waals surface area contributed by atoms with Gasteiger partial charge in [-0.3, -0.25) is 9.59 Å². The van der Waals surface area contributed by atoms with Gasteiger partial charge in [-0.1, -0.05) is 0 Å². The van der Waals surface area contributed by atoms with Crippen LogP contribution >= 0.6 is 0 Å². The van der Waals surface area contributed by atoms with E-state index in [1.54, 1.807) is 50.6 Å². The van der Waals surface area contributed by atoms with Crippen LogP contribution in [0, 0.1) is 6.92 Å². The van der Waals surface area contributed by atoms with Crippen LogP contribution in [0.1, 0.15) is 26.7 Å². The largest absolute Gasteiger partial charge is 0.345 e. The first-order chi connectivity index (χ1) is 11.5. The van der Waals surface area contributed by atoms with Crippen molar-refractivity contribution in [1.29, 1.82) is 0 Å². The second kappa shape index (κ2) is 6.07. The molecule has 0 saturated heterocycles. The van der Waals surface area contributed by atoms with E-state index in [9.17, 15) is 9.59 Å². The van der Waals surface area contributed by atoms with Crippen LogP contribution in [0.5, 0.6) is 0 Å². The number of hydrogen-bond acceptors (Lipinski definition) is 5. The topological polar surface area (TPSA) is 92.5 Å². The summed E-state index contributed by atoms with van der Waals surface area (Å²) in [6.45, 7) is 1.85. The molecule has 1 N–H and O–H groups in total. The minimum atomic E-state index is -0.438. The molecule has 8 heteroatoms. The summed E-state index contributed by atoms with van der Waals surface area (Å²) in [5, 5.41) is 6.85. The van der Waals surface area contributed by atoms with E-state index in [1.807, 2.05) is 6.92 Å². The van der Waals surface area contributed by atoms with Crippen LogP contribution < -0.4 is 5.32 Å². The molecule has 0 aliphatic rings. The van der Waals surface area contributed by atoms with Crippen LogP contribution in [-0.4, -0.2) is 50.4 Å². The van der Waals surface area contributed by atoms with Gasteiger partial charge in [-0.25, -0.2) is 9.50 Å². The monoisotopic (exact) mass is 324 g/mol. The summed E-state index contributed by atoms with van der Waals surface area (Å²) in [5.74, 6) is -0.139. The van der Waals surface area contributed by atoms with Crippen molar-refractivity contribution in [1.82, 2.24) is 24.5 Å². The van der Waals surface area contributed by atoms with Crippen molar-refractivity contribution in [3.05, 3.63) is 53.6 Å². The molecule has 0 aliphatic carbocycles. The third-order valence-corrected chi connectivity index (χ3v) is 3.43. The van der Waals surface area contributed by atoms with Gasteiger partial charge in [0.15, 0.2) is 0 Å². The molecule has 24 heavy (non-hydrogen) atoms. The molecule has 0 saturated carbocycles. The molecule has 8 nitrogen and oxygen atoms in total. The lowest BCUT2D eigenvalue weighted by Crippen LogP contribution is -2.21. The number of nitrogens with zero attached hydrogens (tertiary/aromatic N) is 5. The van der Waals surface area contributed by atoms with E-state index >= 15 is 0 Å². The van der Waals surface area contributed by atoms with E-state index in [0.717, 1.165) is 5.69 Å². The Balaban J connectivity index is 1.78. The van der Waals surface area contributed by atoms with Crippen molar-refractivity contribution in [2.45, 2.75) is 6.92 Å². The normalized spacial score (nSPS) is 10.6. The van der Waals surface area contributed by atoms with Crippen molar-refractivity contribution >= 4 is 23.3 Å². The summed E-state index contributed by atoms with van der Waals surface area (Å²) in [5.41, 5.74) is 1.93. The molecule has 2 heterocycles. The lowest BCUT2D eigenvalue weighted by Gasteiger charge is -2.10. The molecule has 2 amide bonds. The molecule has 0 atom stereocenters. The fourth-order valence-corrected chi connectivity index (χ4v) is 2.14. The second-order valence-corrected chi connectivity index (χ2v) is 5.46. The number of fused-ring (bicyclic) bond motifs is 1. The van der Waals surface area contributed by atoms with E-state index < -0.39 is 5.91 Å². The Morgan fingerprint density at radius 3 is 2.46 bits per heavy atom. The molecule has 3 aromatic rings. The molecule has 0 radical (unpaired) electrons. The predicted molar refractivity (Wildman–Crippen MR) is 87.9 cm³/mol. The van der Waals surface area contributed by atoms with Gasteiger partial charge in [0.25, 0.3) is 17.6 Å². The average molecular weight is 324 g/mol. The van der Waals surface area contributed by atoms with Gasteiger partial charge in [0.05, 0.1) is 0 Å². The summed E-state index contributed by atoms with van der Waals surface area (Å²) >= 11 is 0. The minimum absolute atomic E-state index is 0.0326. The van der Waals surface area contributed by atoms with Gasteiger partial charge < -0.3 is 10.2 Å². The standard InChI is InChI=1S/C16H16N6O2/c1-10-8-9-17-16-19-13(20-22(10)16)14(23)18-12-6-4-11(5-7-12)15(24)21(2)3/h4-9H,1-3H3,(H,18,23). The zero-order valence-corrected chi connectivity index (χ0v) is 13.5. The first-order valence-corrected chi connectivity index (χ1v) is 7.27. The molecule has 3 rings (SSSR count). The van der Waals surface area contributed by atoms with Gasteiger partial charge in [0, 0.05) is 37.2 Å². The molecule has 0 spiro atoms. The van der Waals surface area contributed by atoms with Crippen molar-refractivity contribution in [2.24, 2.45) is 0 Å². The quantitative estimate of drug-likeness (QED) is 0.786. The van der Waals surface area contributed by atoms with E-state index in [-0.39, 0.29) is 11.7 Å². The third-order valence-electron chi connectivity index (χ3n) is 3.43. The molecule has 1 aromatic carbocycles. The number of amides is 2. The summed E-state index contributed by atoms with van der Waals surface area (Å²) in [4.78, 5) is 33.8. The van der Waals surface area contributed by atoms with E-state index in [2.05, 4.69) is 20.4 Å². The molecule has 2 aromatic heterocycles. The van der Waals surface area contributed by atoms with E-state index in [4.69, 9.17) is 0 Å². The van der Waals surface area contributed by atoms with Crippen LogP contribution in [0.15, 0.2) is 36.5 Å². The fourth-order valence-electron chi connectivity index (χ4n) is 2.14. The molecule has 0 bridgehead atoms. The number of rotatable bonds is 3. The molecule has 0 aliphatic heterocycles. The highest BCUT2D eigenvalue weighted by Crippen LogP contribution is 2.12. The molecule has 0 fully saturated rings. The summed E-state index contributed by atoms with van der Waals surface area (Å²) < 4.78 is 1.51. The van der Waals surface area contributed by atoms with Crippen molar-refractivity contribution in [3.8, 4) is 0 Å². The maximum Gasteiger partial charge on any atom is 0.295 e. The molecule has 0 unspecified atom stereocenters. The number of aromatic nitrogens is 4. The first-order valence-electron chi connectivity index (χ1n) is 7.27. The highest BCUT2D eigenvalue weighted by molar-refractivity contribution is 6.02. The van der Waals surface area contributed by atoms with Gasteiger partial charge in [-0.15, -0.1) is 5.10 Å². The number of benzene rings is 1. The van der Waals surface area contributed by atoms with Gasteiger partial charge in [-0.05, 0) is 37.3 Å². The maximum absolute atomic E-state index is 12.3. The number of hydrogen-bond donors (Lipinski definition) is 1. The number of carbonyl (C=O) groups is 2. The molecular weight excluding hydrogens is 308 g/mol. The highest BCUT2D eigenvalue weighted by Gasteiger charge is 2.15. The summed E-state index contributed by atoms with van der Waals surface area (Å²) in [7, 11) is 3.37. The zero-order valence-electron chi connectivity index (χ0n) is 13.5. The maximum atomic E-state index is 12.3. The Bertz CT molecular complexity index is 914. The number of anilines is 1. The van der Waals surface area contributed by atoms with E-state index in [1.165, 1.54) is 9.42 Å². The molecular formula is C16H16N6O2. The number of aryl methyl sites for hydroxylation is 1. The first kappa shape index (κ1) is 15.6. The Morgan fingerprint density at radius 2 is 1.83 bits per heavy atom. The van der Waals surface area contributed by atoms with Gasteiger partial charge >= 0.3 is 0 Å². The van der Waals surface area contributed by atoms with Crippen molar-refractivity contribution in [2.75, 3.05) is 19.4 Å². The third kappa shape index (κ3) is 2.94. The minimum Gasteiger partial charge on any atom is -0.345 e. The fraction of sp³-hybridized carbons (Fsp3) is 0.188. The van der Waals surface area contributed by atoms with Crippen LogP contribution in [0.2, 0.25) is 0 Å². The van der Waals surface area contributed by atoms with Gasteiger partial charge in [-0.2, -0.15) is 4.98 Å². The predicted octanol–water partition coefficient (Wildman–Crippen LogP) is 1.39. The smallest absolute Gasteiger partial charge is 0.295 e. The Morgan fingerprint density at radius 1 is 1.12 bits per heavy atom. The summed E-state index contributed by atoms with van der Waals surface area (Å²) in [6, 6.07) is 8.41. The number of nitrogens with one attached hydrogen (secondary N) is 1. The Labute approximate surface area is 138 Å². The molecule has 122 valence electrons. The van der Waals surface area contributed by atoms with E-state index in [0.29, 0.717) is 17.0 Å². The van der Waals surface area contributed by atoms with Gasteiger partial charge in [0.1, 0.15) is 0 Å². The highest BCUT2D eigenvalue weighted by atomic mass is 16.2.